The summed E-state index contributed by atoms with van der Waals surface area (Å²) in [6.07, 6.45) is 1.15. The Morgan fingerprint density at radius 3 is 2.53 bits per heavy atom. The number of hydrogen-bond donors (Lipinski definition) is 0. The minimum Gasteiger partial charge on any atom is -0.379 e. The van der Waals surface area contributed by atoms with E-state index in [1.807, 2.05) is 41.3 Å². The molecule has 2 saturated heterocycles. The molecule has 0 atom stereocenters. The Hall–Kier alpha value is -2.70. The molecule has 30 heavy (non-hydrogen) atoms. The number of benzene rings is 2. The summed E-state index contributed by atoms with van der Waals surface area (Å²) in [5, 5.41) is 0. The second kappa shape index (κ2) is 8.58. The highest BCUT2D eigenvalue weighted by atomic mass is 16.5. The molecule has 2 aromatic carbocycles. The molecule has 6 nitrogen and oxygen atoms in total. The summed E-state index contributed by atoms with van der Waals surface area (Å²) in [5.74, 6) is 1.78. The molecule has 6 heteroatoms. The number of nitrogens with zero attached hydrogens (tertiary/aromatic N) is 4. The third-order valence-electron chi connectivity index (χ3n) is 6.14. The summed E-state index contributed by atoms with van der Waals surface area (Å²) < 4.78 is 7.60. The molecule has 0 aliphatic carbocycles. The zero-order valence-electron chi connectivity index (χ0n) is 17.2. The van der Waals surface area contributed by atoms with Crippen molar-refractivity contribution in [3.8, 4) is 5.69 Å². The number of hydrogen-bond acceptors (Lipinski definition) is 4. The van der Waals surface area contributed by atoms with Crippen molar-refractivity contribution in [2.75, 3.05) is 45.9 Å². The van der Waals surface area contributed by atoms with Gasteiger partial charge < -0.3 is 9.64 Å². The number of aryl methyl sites for hydroxylation is 1. The van der Waals surface area contributed by atoms with Crippen LogP contribution in [0.25, 0.3) is 16.7 Å². The molecule has 3 aromatic rings. The van der Waals surface area contributed by atoms with Gasteiger partial charge in [0.15, 0.2) is 0 Å². The third kappa shape index (κ3) is 3.98. The fraction of sp³-hybridized carbons (Fsp3) is 0.417. The second-order valence-electron chi connectivity index (χ2n) is 8.27. The number of ether oxygens (including phenoxy) is 1. The van der Waals surface area contributed by atoms with Crippen molar-refractivity contribution in [3.63, 3.8) is 0 Å². The maximum absolute atomic E-state index is 12.8. The molecule has 1 amide bonds. The van der Waals surface area contributed by atoms with Gasteiger partial charge in [-0.2, -0.15) is 0 Å². The highest BCUT2D eigenvalue weighted by Gasteiger charge is 2.32. The number of imidazole rings is 1. The summed E-state index contributed by atoms with van der Waals surface area (Å²) in [6, 6.07) is 18.4. The van der Waals surface area contributed by atoms with E-state index in [2.05, 4.69) is 27.7 Å². The van der Waals surface area contributed by atoms with E-state index in [1.54, 1.807) is 0 Å². The first kappa shape index (κ1) is 19.3. The summed E-state index contributed by atoms with van der Waals surface area (Å²) in [6.45, 7) is 6.53. The first-order chi connectivity index (χ1) is 14.8. The number of morpholine rings is 1. The largest absolute Gasteiger partial charge is 0.379 e. The van der Waals surface area contributed by atoms with Crippen LogP contribution in [0.1, 0.15) is 12.2 Å². The zero-order valence-corrected chi connectivity index (χ0v) is 17.2. The lowest BCUT2D eigenvalue weighted by Crippen LogP contribution is -2.55. The summed E-state index contributed by atoms with van der Waals surface area (Å²) >= 11 is 0. The number of rotatable bonds is 6. The van der Waals surface area contributed by atoms with E-state index in [-0.39, 0.29) is 5.91 Å². The SMILES string of the molecule is O=C(CCc1nc2ccccc2n1-c1ccccc1)N1CC(CN2CCOCC2)C1. The number of carbonyl (C=O) groups is 1. The maximum atomic E-state index is 12.8. The molecule has 156 valence electrons. The molecule has 2 fully saturated rings. The molecule has 0 saturated carbocycles. The Bertz CT molecular complexity index is 1000. The van der Waals surface area contributed by atoms with Crippen molar-refractivity contribution >= 4 is 16.9 Å². The number of para-hydroxylation sites is 3. The van der Waals surface area contributed by atoms with E-state index in [1.165, 1.54) is 0 Å². The van der Waals surface area contributed by atoms with Gasteiger partial charge in [-0.25, -0.2) is 4.98 Å². The normalized spacial score (nSPS) is 17.9. The van der Waals surface area contributed by atoms with Crippen molar-refractivity contribution in [1.82, 2.24) is 19.4 Å². The van der Waals surface area contributed by atoms with Gasteiger partial charge in [-0.05, 0) is 24.3 Å². The molecule has 0 spiro atoms. The van der Waals surface area contributed by atoms with Gasteiger partial charge in [0.25, 0.3) is 0 Å². The molecule has 3 heterocycles. The van der Waals surface area contributed by atoms with Crippen LogP contribution in [-0.2, 0) is 16.0 Å². The van der Waals surface area contributed by atoms with Crippen LogP contribution in [0.3, 0.4) is 0 Å². The highest BCUT2D eigenvalue weighted by molar-refractivity contribution is 5.79. The van der Waals surface area contributed by atoms with Crippen LogP contribution in [0.5, 0.6) is 0 Å². The lowest BCUT2D eigenvalue weighted by atomic mass is 9.98. The van der Waals surface area contributed by atoms with Crippen LogP contribution in [-0.4, -0.2) is 71.2 Å². The van der Waals surface area contributed by atoms with Crippen molar-refractivity contribution in [2.24, 2.45) is 5.92 Å². The zero-order chi connectivity index (χ0) is 20.3. The highest BCUT2D eigenvalue weighted by Crippen LogP contribution is 2.24. The second-order valence-corrected chi connectivity index (χ2v) is 8.27. The number of amides is 1. The average Bonchev–Trinajstić information content (AvgIpc) is 3.14. The third-order valence-corrected chi connectivity index (χ3v) is 6.14. The summed E-state index contributed by atoms with van der Waals surface area (Å²) in [4.78, 5) is 22.0. The van der Waals surface area contributed by atoms with Crippen LogP contribution >= 0.6 is 0 Å². The van der Waals surface area contributed by atoms with Gasteiger partial charge >= 0.3 is 0 Å². The van der Waals surface area contributed by atoms with Crippen LogP contribution in [0.15, 0.2) is 54.6 Å². The Balaban J connectivity index is 1.22. The molecule has 0 bridgehead atoms. The summed E-state index contributed by atoms with van der Waals surface area (Å²) in [7, 11) is 0. The Kier molecular flexibility index (Phi) is 5.51. The molecular weight excluding hydrogens is 376 g/mol. The summed E-state index contributed by atoms with van der Waals surface area (Å²) in [5.41, 5.74) is 3.14. The molecular formula is C24H28N4O2. The smallest absolute Gasteiger partial charge is 0.223 e. The first-order valence-electron chi connectivity index (χ1n) is 10.9. The lowest BCUT2D eigenvalue weighted by molar-refractivity contribution is -0.138. The van der Waals surface area contributed by atoms with Crippen LogP contribution in [0, 0.1) is 5.92 Å². The minimum absolute atomic E-state index is 0.236. The van der Waals surface area contributed by atoms with Gasteiger partial charge in [-0.1, -0.05) is 30.3 Å². The monoisotopic (exact) mass is 404 g/mol. The topological polar surface area (TPSA) is 50.6 Å². The lowest BCUT2D eigenvalue weighted by Gasteiger charge is -2.42. The van der Waals surface area contributed by atoms with E-state index in [0.29, 0.717) is 18.8 Å². The fourth-order valence-corrected chi connectivity index (χ4v) is 4.52. The Labute approximate surface area is 177 Å². The molecule has 1 aromatic heterocycles. The van der Waals surface area contributed by atoms with E-state index >= 15 is 0 Å². The molecule has 0 N–H and O–H groups in total. The molecule has 0 unspecified atom stereocenters. The van der Waals surface area contributed by atoms with Crippen molar-refractivity contribution in [1.29, 1.82) is 0 Å². The fourth-order valence-electron chi connectivity index (χ4n) is 4.52. The van der Waals surface area contributed by atoms with Gasteiger partial charge in [0, 0.05) is 57.2 Å². The van der Waals surface area contributed by atoms with Gasteiger partial charge in [0.1, 0.15) is 5.82 Å². The van der Waals surface area contributed by atoms with E-state index in [4.69, 9.17) is 9.72 Å². The first-order valence-corrected chi connectivity index (χ1v) is 10.9. The van der Waals surface area contributed by atoms with E-state index in [0.717, 1.165) is 68.5 Å². The number of fused-ring (bicyclic) bond motifs is 1. The molecule has 5 rings (SSSR count). The predicted molar refractivity (Wildman–Crippen MR) is 117 cm³/mol. The number of carbonyl (C=O) groups excluding carboxylic acids is 1. The van der Waals surface area contributed by atoms with Crippen LogP contribution < -0.4 is 0 Å². The minimum atomic E-state index is 0.236. The van der Waals surface area contributed by atoms with Crippen molar-refractivity contribution < 1.29 is 9.53 Å². The molecule has 2 aliphatic rings. The van der Waals surface area contributed by atoms with E-state index in [9.17, 15) is 4.79 Å². The molecule has 0 radical (unpaired) electrons. The Morgan fingerprint density at radius 1 is 1.00 bits per heavy atom. The average molecular weight is 405 g/mol. The van der Waals surface area contributed by atoms with Gasteiger partial charge in [0.05, 0.1) is 24.2 Å². The molecule has 2 aliphatic heterocycles. The standard InChI is InChI=1S/C24H28N4O2/c29-24(27-17-19(18-27)16-26-12-14-30-15-13-26)11-10-23-25-21-8-4-5-9-22(21)28(23)20-6-2-1-3-7-20/h1-9,19H,10-18H2. The predicted octanol–water partition coefficient (Wildman–Crippen LogP) is 2.75. The Morgan fingerprint density at radius 2 is 1.73 bits per heavy atom. The van der Waals surface area contributed by atoms with Gasteiger partial charge in [-0.3, -0.25) is 14.3 Å². The van der Waals surface area contributed by atoms with Crippen molar-refractivity contribution in [3.05, 3.63) is 60.4 Å². The van der Waals surface area contributed by atoms with Crippen LogP contribution in [0.2, 0.25) is 0 Å². The maximum Gasteiger partial charge on any atom is 0.223 e. The number of likely N-dealkylation sites (tertiary alicyclic amines) is 1. The quantitative estimate of drug-likeness (QED) is 0.634. The van der Waals surface area contributed by atoms with Crippen LogP contribution in [0.4, 0.5) is 0 Å². The van der Waals surface area contributed by atoms with Gasteiger partial charge in [-0.15, -0.1) is 0 Å². The van der Waals surface area contributed by atoms with Crippen molar-refractivity contribution in [2.45, 2.75) is 12.8 Å². The number of aromatic nitrogens is 2. The van der Waals surface area contributed by atoms with Gasteiger partial charge in [0.2, 0.25) is 5.91 Å². The van der Waals surface area contributed by atoms with E-state index < -0.39 is 0 Å².